The monoisotopic (exact) mass is 252 g/mol. The largest absolute Gasteiger partial charge is 0.481 e. The average molecular weight is 252 g/mol. The van der Waals surface area contributed by atoms with Gasteiger partial charge in [-0.25, -0.2) is 8.42 Å². The molecule has 0 spiro atoms. The third kappa shape index (κ3) is 5.11. The number of methoxy groups -OCH3 is 1. The van der Waals surface area contributed by atoms with E-state index in [1.54, 1.807) is 0 Å². The molecule has 0 aromatic carbocycles. The molecule has 1 N–H and O–H groups in total. The molecule has 0 aliphatic rings. The van der Waals surface area contributed by atoms with Gasteiger partial charge in [0, 0.05) is 5.75 Å². The van der Waals surface area contributed by atoms with E-state index < -0.39 is 27.7 Å². The lowest BCUT2D eigenvalue weighted by Crippen LogP contribution is -2.25. The highest BCUT2D eigenvalue weighted by Crippen LogP contribution is 2.10. The first-order chi connectivity index (χ1) is 7.34. The van der Waals surface area contributed by atoms with Crippen molar-refractivity contribution in [2.75, 3.05) is 18.6 Å². The van der Waals surface area contributed by atoms with Crippen LogP contribution in [0.4, 0.5) is 0 Å². The van der Waals surface area contributed by atoms with Gasteiger partial charge >= 0.3 is 11.9 Å². The number of carboxylic acids is 1. The Morgan fingerprint density at radius 1 is 1.38 bits per heavy atom. The fraction of sp³-hybridized carbons (Fsp3) is 0.778. The minimum Gasteiger partial charge on any atom is -0.481 e. The van der Waals surface area contributed by atoms with Crippen molar-refractivity contribution >= 4 is 21.8 Å². The van der Waals surface area contributed by atoms with E-state index in [0.29, 0.717) is 0 Å². The van der Waals surface area contributed by atoms with Crippen LogP contribution in [-0.2, 0) is 24.2 Å². The van der Waals surface area contributed by atoms with Gasteiger partial charge in [-0.2, -0.15) is 0 Å². The van der Waals surface area contributed by atoms with Crippen LogP contribution in [0.5, 0.6) is 0 Å². The van der Waals surface area contributed by atoms with Gasteiger partial charge in [0.25, 0.3) is 0 Å². The van der Waals surface area contributed by atoms with Gasteiger partial charge in [-0.1, -0.05) is 6.92 Å². The highest BCUT2D eigenvalue weighted by molar-refractivity contribution is 7.91. The van der Waals surface area contributed by atoms with Gasteiger partial charge < -0.3 is 9.84 Å². The van der Waals surface area contributed by atoms with Crippen LogP contribution in [-0.4, -0.2) is 44.1 Å². The van der Waals surface area contributed by atoms with Gasteiger partial charge in [0.1, 0.15) is 9.84 Å². The molecule has 1 unspecified atom stereocenters. The standard InChI is InChI=1S/C9H16O6S/c1-3-16(13,14)6-4-5-7(8(10)11)9(12)15-2/h7H,3-6H2,1-2H3,(H,10,11). The van der Waals surface area contributed by atoms with E-state index in [2.05, 4.69) is 4.74 Å². The van der Waals surface area contributed by atoms with Crippen molar-refractivity contribution in [2.45, 2.75) is 19.8 Å². The van der Waals surface area contributed by atoms with E-state index in [-0.39, 0.29) is 24.3 Å². The lowest BCUT2D eigenvalue weighted by molar-refractivity contribution is -0.157. The molecule has 0 saturated heterocycles. The highest BCUT2D eigenvalue weighted by atomic mass is 32.2. The van der Waals surface area contributed by atoms with Crippen LogP contribution < -0.4 is 0 Å². The van der Waals surface area contributed by atoms with E-state index in [1.165, 1.54) is 6.92 Å². The number of aliphatic carboxylic acids is 1. The predicted molar refractivity (Wildman–Crippen MR) is 56.7 cm³/mol. The zero-order valence-corrected chi connectivity index (χ0v) is 10.1. The molecule has 16 heavy (non-hydrogen) atoms. The second kappa shape index (κ2) is 6.47. The Labute approximate surface area is 94.5 Å². The van der Waals surface area contributed by atoms with Gasteiger partial charge in [-0.05, 0) is 12.8 Å². The summed E-state index contributed by atoms with van der Waals surface area (Å²) < 4.78 is 26.6. The fourth-order valence-electron chi connectivity index (χ4n) is 1.14. The Morgan fingerprint density at radius 2 is 1.94 bits per heavy atom. The average Bonchev–Trinajstić information content (AvgIpc) is 2.23. The number of hydrogen-bond donors (Lipinski definition) is 1. The summed E-state index contributed by atoms with van der Waals surface area (Å²) in [5, 5.41) is 8.71. The van der Waals surface area contributed by atoms with Crippen molar-refractivity contribution in [3.63, 3.8) is 0 Å². The summed E-state index contributed by atoms with van der Waals surface area (Å²) in [6.07, 6.45) is 0.115. The molecule has 0 heterocycles. The van der Waals surface area contributed by atoms with Crippen LogP contribution in [0.25, 0.3) is 0 Å². The first-order valence-electron chi connectivity index (χ1n) is 4.85. The van der Waals surface area contributed by atoms with E-state index in [9.17, 15) is 18.0 Å². The Bertz CT molecular complexity index is 345. The Kier molecular flexibility index (Phi) is 6.02. The zero-order valence-electron chi connectivity index (χ0n) is 9.30. The van der Waals surface area contributed by atoms with E-state index in [4.69, 9.17) is 5.11 Å². The summed E-state index contributed by atoms with van der Waals surface area (Å²) in [6.45, 7) is 1.52. The maximum Gasteiger partial charge on any atom is 0.320 e. The van der Waals surface area contributed by atoms with Crippen molar-refractivity contribution in [2.24, 2.45) is 5.92 Å². The van der Waals surface area contributed by atoms with Crippen LogP contribution >= 0.6 is 0 Å². The van der Waals surface area contributed by atoms with Crippen molar-refractivity contribution < 1.29 is 27.9 Å². The smallest absolute Gasteiger partial charge is 0.320 e. The van der Waals surface area contributed by atoms with Crippen molar-refractivity contribution in [3.05, 3.63) is 0 Å². The molecule has 0 saturated carbocycles. The number of sulfone groups is 1. The quantitative estimate of drug-likeness (QED) is 0.509. The molecule has 6 nitrogen and oxygen atoms in total. The second-order valence-corrected chi connectivity index (χ2v) is 5.77. The van der Waals surface area contributed by atoms with Gasteiger partial charge in [0.2, 0.25) is 0 Å². The van der Waals surface area contributed by atoms with Gasteiger partial charge in [0.05, 0.1) is 12.9 Å². The predicted octanol–water partition coefficient (Wildman–Crippen LogP) is 0.0751. The van der Waals surface area contributed by atoms with Crippen molar-refractivity contribution in [1.82, 2.24) is 0 Å². The van der Waals surface area contributed by atoms with Crippen LogP contribution in [0.2, 0.25) is 0 Å². The first kappa shape index (κ1) is 14.9. The summed E-state index contributed by atoms with van der Waals surface area (Å²) in [5.74, 6) is -3.51. The van der Waals surface area contributed by atoms with Crippen molar-refractivity contribution in [1.29, 1.82) is 0 Å². The summed E-state index contributed by atoms with van der Waals surface area (Å²) in [5.41, 5.74) is 0. The topological polar surface area (TPSA) is 97.7 Å². The van der Waals surface area contributed by atoms with Gasteiger partial charge in [-0.3, -0.25) is 9.59 Å². The lowest BCUT2D eigenvalue weighted by atomic mass is 10.0. The minimum absolute atomic E-state index is 0.0168. The molecule has 0 rings (SSSR count). The Balaban J connectivity index is 4.25. The molecule has 0 aromatic heterocycles. The van der Waals surface area contributed by atoms with Crippen molar-refractivity contribution in [3.8, 4) is 0 Å². The first-order valence-corrected chi connectivity index (χ1v) is 6.67. The minimum atomic E-state index is -3.12. The molecule has 0 aromatic rings. The molecule has 0 amide bonds. The second-order valence-electron chi connectivity index (χ2n) is 3.29. The highest BCUT2D eigenvalue weighted by Gasteiger charge is 2.27. The summed E-state index contributed by atoms with van der Waals surface area (Å²) in [4.78, 5) is 21.7. The van der Waals surface area contributed by atoms with E-state index in [0.717, 1.165) is 7.11 Å². The molecule has 94 valence electrons. The van der Waals surface area contributed by atoms with Crippen LogP contribution in [0, 0.1) is 5.92 Å². The van der Waals surface area contributed by atoms with E-state index in [1.807, 2.05) is 0 Å². The molecular weight excluding hydrogens is 236 g/mol. The summed E-state index contributed by atoms with van der Waals surface area (Å²) in [7, 11) is -2.02. The molecule has 0 bridgehead atoms. The molecular formula is C9H16O6S. The number of carboxylic acid groups (broad SMARTS) is 1. The normalized spacial score (nSPS) is 13.1. The van der Waals surface area contributed by atoms with Crippen LogP contribution in [0.1, 0.15) is 19.8 Å². The Morgan fingerprint density at radius 3 is 2.31 bits per heavy atom. The SMILES string of the molecule is CCS(=O)(=O)CCCC(C(=O)O)C(=O)OC. The van der Waals surface area contributed by atoms with E-state index >= 15 is 0 Å². The number of esters is 1. The lowest BCUT2D eigenvalue weighted by Gasteiger charge is -2.09. The third-order valence-corrected chi connectivity index (χ3v) is 3.96. The number of carbonyl (C=O) groups is 2. The maximum atomic E-state index is 11.1. The molecule has 1 atom stereocenters. The number of carbonyl (C=O) groups excluding carboxylic acids is 1. The number of ether oxygens (including phenoxy) is 1. The fourth-order valence-corrected chi connectivity index (χ4v) is 2.03. The summed E-state index contributed by atoms with van der Waals surface area (Å²) >= 11 is 0. The Hall–Kier alpha value is -1.11. The van der Waals surface area contributed by atoms with Gasteiger partial charge in [-0.15, -0.1) is 0 Å². The number of hydrogen-bond acceptors (Lipinski definition) is 5. The molecule has 0 radical (unpaired) electrons. The molecule has 0 fully saturated rings. The van der Waals surface area contributed by atoms with Crippen LogP contribution in [0.3, 0.4) is 0 Å². The number of rotatable bonds is 7. The maximum absolute atomic E-state index is 11.1. The molecule has 7 heteroatoms. The molecule has 0 aliphatic heterocycles. The third-order valence-electron chi connectivity index (χ3n) is 2.17. The summed E-state index contributed by atoms with van der Waals surface area (Å²) in [6, 6.07) is 0. The van der Waals surface area contributed by atoms with Gasteiger partial charge in [0.15, 0.2) is 5.92 Å². The zero-order chi connectivity index (χ0) is 12.8. The van der Waals surface area contributed by atoms with Crippen LogP contribution in [0.15, 0.2) is 0 Å². The molecule has 0 aliphatic carbocycles.